The summed E-state index contributed by atoms with van der Waals surface area (Å²) in [6.45, 7) is 2.24. The van der Waals surface area contributed by atoms with E-state index in [2.05, 4.69) is 4.98 Å². The zero-order chi connectivity index (χ0) is 18.6. The van der Waals surface area contributed by atoms with Gasteiger partial charge < -0.3 is 0 Å². The largest absolute Gasteiger partial charge is 0.245 e. The van der Waals surface area contributed by atoms with Crippen LogP contribution in [0, 0.1) is 0 Å². The second kappa shape index (κ2) is 8.31. The van der Waals surface area contributed by atoms with Crippen molar-refractivity contribution in [2.45, 2.75) is 30.8 Å². The van der Waals surface area contributed by atoms with Crippen LogP contribution in [0.25, 0.3) is 0 Å². The second-order valence-electron chi connectivity index (χ2n) is 5.98. The topological polar surface area (TPSA) is 50.3 Å². The summed E-state index contributed by atoms with van der Waals surface area (Å²) in [6, 6.07) is 16.4. The molecular formula is C19H19ClN2O2S2. The minimum atomic E-state index is -3.70. The molecule has 0 fully saturated rings. The van der Waals surface area contributed by atoms with Gasteiger partial charge in [-0.3, -0.25) is 0 Å². The van der Waals surface area contributed by atoms with Gasteiger partial charge in [-0.25, -0.2) is 13.4 Å². The van der Waals surface area contributed by atoms with Crippen molar-refractivity contribution >= 4 is 33.0 Å². The lowest BCUT2D eigenvalue weighted by atomic mass is 10.1. The first-order valence-electron chi connectivity index (χ1n) is 8.16. The SMILES string of the molecule is CC(Cc1cccs1)N(Cc1ccccc1)S(=O)(=O)c1ccc(Cl)nc1. The molecule has 0 spiro atoms. The Balaban J connectivity index is 1.94. The minimum Gasteiger partial charge on any atom is -0.243 e. The highest BCUT2D eigenvalue weighted by atomic mass is 35.5. The smallest absolute Gasteiger partial charge is 0.243 e. The maximum atomic E-state index is 13.3. The van der Waals surface area contributed by atoms with E-state index in [-0.39, 0.29) is 16.1 Å². The summed E-state index contributed by atoms with van der Waals surface area (Å²) in [7, 11) is -3.70. The molecule has 3 rings (SSSR count). The number of hydrogen-bond acceptors (Lipinski definition) is 4. The number of sulfonamides is 1. The fourth-order valence-corrected chi connectivity index (χ4v) is 5.22. The Bertz CT molecular complexity index is 927. The highest BCUT2D eigenvalue weighted by Gasteiger charge is 2.29. The van der Waals surface area contributed by atoms with Crippen LogP contribution in [0.5, 0.6) is 0 Å². The third kappa shape index (κ3) is 4.51. The van der Waals surface area contributed by atoms with Gasteiger partial charge in [-0.05, 0) is 42.5 Å². The molecule has 2 heterocycles. The van der Waals surface area contributed by atoms with Crippen LogP contribution in [0.15, 0.2) is 71.1 Å². The van der Waals surface area contributed by atoms with Crippen LogP contribution in [0.2, 0.25) is 5.15 Å². The molecule has 3 aromatic rings. The van der Waals surface area contributed by atoms with Crippen molar-refractivity contribution in [2.75, 3.05) is 0 Å². The highest BCUT2D eigenvalue weighted by Crippen LogP contribution is 2.24. The molecule has 2 aromatic heterocycles. The molecule has 136 valence electrons. The van der Waals surface area contributed by atoms with E-state index < -0.39 is 10.0 Å². The molecule has 0 aliphatic carbocycles. The van der Waals surface area contributed by atoms with Crippen molar-refractivity contribution in [3.05, 3.63) is 81.8 Å². The van der Waals surface area contributed by atoms with Gasteiger partial charge in [0.15, 0.2) is 0 Å². The molecule has 4 nitrogen and oxygen atoms in total. The second-order valence-corrected chi connectivity index (χ2v) is 9.30. The third-order valence-electron chi connectivity index (χ3n) is 4.06. The van der Waals surface area contributed by atoms with Crippen molar-refractivity contribution in [3.63, 3.8) is 0 Å². The molecular weight excluding hydrogens is 388 g/mol. The van der Waals surface area contributed by atoms with Crippen molar-refractivity contribution in [3.8, 4) is 0 Å². The summed E-state index contributed by atoms with van der Waals surface area (Å²) in [5, 5.41) is 2.27. The van der Waals surface area contributed by atoms with Gasteiger partial charge in [0.05, 0.1) is 0 Å². The van der Waals surface area contributed by atoms with Gasteiger partial charge in [-0.2, -0.15) is 4.31 Å². The van der Waals surface area contributed by atoms with E-state index in [0.717, 1.165) is 10.4 Å². The van der Waals surface area contributed by atoms with Crippen molar-refractivity contribution in [1.29, 1.82) is 0 Å². The predicted molar refractivity (Wildman–Crippen MR) is 106 cm³/mol. The first kappa shape index (κ1) is 19.0. The Hall–Kier alpha value is -1.73. The van der Waals surface area contributed by atoms with Crippen LogP contribution in [-0.4, -0.2) is 23.7 Å². The molecule has 26 heavy (non-hydrogen) atoms. The van der Waals surface area contributed by atoms with Gasteiger partial charge in [0.2, 0.25) is 10.0 Å². The summed E-state index contributed by atoms with van der Waals surface area (Å²) >= 11 is 7.44. The van der Waals surface area contributed by atoms with E-state index >= 15 is 0 Å². The maximum Gasteiger partial charge on any atom is 0.245 e. The Morgan fingerprint density at radius 2 is 1.88 bits per heavy atom. The molecule has 0 saturated heterocycles. The molecule has 0 amide bonds. The average Bonchev–Trinajstić information content (AvgIpc) is 3.13. The van der Waals surface area contributed by atoms with Crippen LogP contribution in [0.4, 0.5) is 0 Å². The van der Waals surface area contributed by atoms with Crippen LogP contribution < -0.4 is 0 Å². The number of nitrogens with zero attached hydrogens (tertiary/aromatic N) is 2. The third-order valence-corrected chi connectivity index (χ3v) is 7.12. The fraction of sp³-hybridized carbons (Fsp3) is 0.211. The highest BCUT2D eigenvalue weighted by molar-refractivity contribution is 7.89. The number of thiophene rings is 1. The molecule has 1 atom stereocenters. The van der Waals surface area contributed by atoms with E-state index in [4.69, 9.17) is 11.6 Å². The van der Waals surface area contributed by atoms with Gasteiger partial charge in [-0.1, -0.05) is 48.0 Å². The molecule has 0 radical (unpaired) electrons. The summed E-state index contributed by atoms with van der Waals surface area (Å²) in [4.78, 5) is 5.23. The van der Waals surface area contributed by atoms with Gasteiger partial charge in [0.25, 0.3) is 0 Å². The zero-order valence-electron chi connectivity index (χ0n) is 14.2. The standard InChI is InChI=1S/C19H19ClN2O2S2/c1-15(12-17-8-5-11-25-17)22(14-16-6-3-2-4-7-16)26(23,24)18-9-10-19(20)21-13-18/h2-11,13,15H,12,14H2,1H3. The molecule has 1 unspecified atom stereocenters. The first-order valence-corrected chi connectivity index (χ1v) is 10.9. The van der Waals surface area contributed by atoms with Crippen molar-refractivity contribution in [1.82, 2.24) is 9.29 Å². The molecule has 0 bridgehead atoms. The summed E-state index contributed by atoms with van der Waals surface area (Å²) in [5.74, 6) is 0. The molecule has 0 aliphatic rings. The number of benzene rings is 1. The van der Waals surface area contributed by atoms with E-state index in [1.165, 1.54) is 22.6 Å². The zero-order valence-corrected chi connectivity index (χ0v) is 16.6. The summed E-state index contributed by atoms with van der Waals surface area (Å²) in [6.07, 6.45) is 1.97. The minimum absolute atomic E-state index is 0.149. The number of hydrogen-bond donors (Lipinski definition) is 0. The van der Waals surface area contributed by atoms with Gasteiger partial charge >= 0.3 is 0 Å². The lowest BCUT2D eigenvalue weighted by Crippen LogP contribution is -2.39. The normalized spacial score (nSPS) is 13.0. The van der Waals surface area contributed by atoms with Crippen LogP contribution in [0.1, 0.15) is 17.4 Å². The average molecular weight is 407 g/mol. The van der Waals surface area contributed by atoms with E-state index in [0.29, 0.717) is 13.0 Å². The molecule has 0 aliphatic heterocycles. The Morgan fingerprint density at radius 1 is 1.12 bits per heavy atom. The number of pyridine rings is 1. The Labute approximate surface area is 163 Å². The van der Waals surface area contributed by atoms with Crippen molar-refractivity contribution in [2.24, 2.45) is 0 Å². The number of rotatable bonds is 7. The van der Waals surface area contributed by atoms with Crippen LogP contribution >= 0.6 is 22.9 Å². The predicted octanol–water partition coefficient (Wildman–Crippen LogP) is 4.62. The van der Waals surface area contributed by atoms with Gasteiger partial charge in [0.1, 0.15) is 10.0 Å². The van der Waals surface area contributed by atoms with Crippen LogP contribution in [0.3, 0.4) is 0 Å². The lowest BCUT2D eigenvalue weighted by molar-refractivity contribution is 0.329. The Kier molecular flexibility index (Phi) is 6.09. The lowest BCUT2D eigenvalue weighted by Gasteiger charge is -2.28. The fourth-order valence-electron chi connectivity index (χ4n) is 2.71. The number of aromatic nitrogens is 1. The van der Waals surface area contributed by atoms with Gasteiger partial charge in [-0.15, -0.1) is 11.3 Å². The quantitative estimate of drug-likeness (QED) is 0.538. The Morgan fingerprint density at radius 3 is 2.50 bits per heavy atom. The van der Waals surface area contributed by atoms with E-state index in [1.807, 2.05) is 54.8 Å². The molecule has 0 N–H and O–H groups in total. The molecule has 1 aromatic carbocycles. The molecule has 7 heteroatoms. The number of halogens is 1. The monoisotopic (exact) mass is 406 g/mol. The molecule has 0 saturated carbocycles. The van der Waals surface area contributed by atoms with Crippen molar-refractivity contribution < 1.29 is 8.42 Å². The van der Waals surface area contributed by atoms with E-state index in [1.54, 1.807) is 11.3 Å². The maximum absolute atomic E-state index is 13.3. The summed E-state index contributed by atoms with van der Waals surface area (Å²) in [5.41, 5.74) is 0.941. The first-order chi connectivity index (χ1) is 12.5. The van der Waals surface area contributed by atoms with E-state index in [9.17, 15) is 8.42 Å². The summed E-state index contributed by atoms with van der Waals surface area (Å²) < 4.78 is 28.1. The van der Waals surface area contributed by atoms with Gasteiger partial charge in [0, 0.05) is 23.7 Å². The van der Waals surface area contributed by atoms with Crippen LogP contribution in [-0.2, 0) is 23.0 Å².